The van der Waals surface area contributed by atoms with Crippen LogP contribution in [-0.4, -0.2) is 24.2 Å². The highest BCUT2D eigenvalue weighted by Crippen LogP contribution is 2.15. The highest BCUT2D eigenvalue weighted by molar-refractivity contribution is 7.80. The first-order valence-electron chi connectivity index (χ1n) is 3.74. The average Bonchev–Trinajstić information content (AvgIpc) is 2.08. The Morgan fingerprint density at radius 3 is 2.31 bits per heavy atom. The SMILES string of the molecule is CN(C)C(=S)Oc1ccc(Cl)cc1. The third-order valence-corrected chi connectivity index (χ3v) is 2.08. The van der Waals surface area contributed by atoms with Gasteiger partial charge in [-0.3, -0.25) is 0 Å². The predicted molar refractivity (Wildman–Crippen MR) is 58.4 cm³/mol. The van der Waals surface area contributed by atoms with E-state index in [0.29, 0.717) is 15.9 Å². The van der Waals surface area contributed by atoms with E-state index in [9.17, 15) is 0 Å². The van der Waals surface area contributed by atoms with Crippen LogP contribution in [0.4, 0.5) is 0 Å². The van der Waals surface area contributed by atoms with Gasteiger partial charge in [-0.05, 0) is 36.5 Å². The highest BCUT2D eigenvalue weighted by Gasteiger charge is 2.01. The summed E-state index contributed by atoms with van der Waals surface area (Å²) in [5, 5.41) is 1.12. The Morgan fingerprint density at radius 2 is 1.85 bits per heavy atom. The molecule has 0 aliphatic rings. The number of rotatable bonds is 1. The molecule has 0 saturated carbocycles. The minimum atomic E-state index is 0.433. The zero-order valence-electron chi connectivity index (χ0n) is 7.45. The number of hydrogen-bond acceptors (Lipinski definition) is 2. The molecule has 0 bridgehead atoms. The quantitative estimate of drug-likeness (QED) is 0.669. The molecule has 0 aliphatic carbocycles. The Morgan fingerprint density at radius 1 is 1.31 bits per heavy atom. The van der Waals surface area contributed by atoms with Crippen LogP contribution in [0, 0.1) is 0 Å². The van der Waals surface area contributed by atoms with E-state index in [0.717, 1.165) is 0 Å². The Hall–Kier alpha value is -0.800. The van der Waals surface area contributed by atoms with Crippen LogP contribution in [0.1, 0.15) is 0 Å². The lowest BCUT2D eigenvalue weighted by Gasteiger charge is -2.13. The van der Waals surface area contributed by atoms with Crippen LogP contribution in [0.25, 0.3) is 0 Å². The molecule has 1 rings (SSSR count). The summed E-state index contributed by atoms with van der Waals surface area (Å²) in [6, 6.07) is 7.07. The monoisotopic (exact) mass is 215 g/mol. The second-order valence-electron chi connectivity index (χ2n) is 2.72. The molecule has 0 atom stereocenters. The van der Waals surface area contributed by atoms with Gasteiger partial charge < -0.3 is 9.64 Å². The van der Waals surface area contributed by atoms with Crippen LogP contribution < -0.4 is 4.74 Å². The standard InChI is InChI=1S/C9H10ClNOS/c1-11(2)9(13)12-8-5-3-7(10)4-6-8/h3-6H,1-2H3. The first-order valence-corrected chi connectivity index (χ1v) is 4.53. The smallest absolute Gasteiger partial charge is 0.264 e. The summed E-state index contributed by atoms with van der Waals surface area (Å²) in [5.41, 5.74) is 0. The van der Waals surface area contributed by atoms with Crippen molar-refractivity contribution in [3.8, 4) is 5.75 Å². The van der Waals surface area contributed by atoms with Gasteiger partial charge in [-0.1, -0.05) is 11.6 Å². The van der Waals surface area contributed by atoms with Crippen LogP contribution in [0.2, 0.25) is 5.02 Å². The summed E-state index contributed by atoms with van der Waals surface area (Å²) in [5.74, 6) is 0.697. The summed E-state index contributed by atoms with van der Waals surface area (Å²) in [6.45, 7) is 0. The van der Waals surface area contributed by atoms with Crippen LogP contribution in [-0.2, 0) is 0 Å². The van der Waals surface area contributed by atoms with Crippen molar-refractivity contribution < 1.29 is 4.74 Å². The molecular weight excluding hydrogens is 206 g/mol. The fourth-order valence-corrected chi connectivity index (χ4v) is 0.917. The van der Waals surface area contributed by atoms with Gasteiger partial charge in [0, 0.05) is 19.1 Å². The molecule has 70 valence electrons. The van der Waals surface area contributed by atoms with Crippen molar-refractivity contribution in [2.45, 2.75) is 0 Å². The summed E-state index contributed by atoms with van der Waals surface area (Å²) >= 11 is 10.7. The number of halogens is 1. The van der Waals surface area contributed by atoms with E-state index in [2.05, 4.69) is 0 Å². The molecule has 13 heavy (non-hydrogen) atoms. The van der Waals surface area contributed by atoms with Gasteiger partial charge >= 0.3 is 0 Å². The minimum Gasteiger partial charge on any atom is -0.432 e. The maximum atomic E-state index is 5.71. The second-order valence-corrected chi connectivity index (χ2v) is 3.50. The van der Waals surface area contributed by atoms with Crippen molar-refractivity contribution in [2.24, 2.45) is 0 Å². The van der Waals surface area contributed by atoms with Gasteiger partial charge in [0.05, 0.1) is 0 Å². The second kappa shape index (κ2) is 4.44. The Bertz CT molecular complexity index is 297. The topological polar surface area (TPSA) is 12.5 Å². The molecule has 0 amide bonds. The molecule has 0 unspecified atom stereocenters. The molecule has 0 radical (unpaired) electrons. The van der Waals surface area contributed by atoms with Crippen LogP contribution >= 0.6 is 23.8 Å². The normalized spacial score (nSPS) is 9.46. The molecular formula is C9H10ClNOS. The largest absolute Gasteiger partial charge is 0.432 e. The molecule has 1 aromatic rings. The molecule has 0 saturated heterocycles. The molecule has 0 N–H and O–H groups in total. The van der Waals surface area contributed by atoms with Gasteiger partial charge in [-0.2, -0.15) is 0 Å². The van der Waals surface area contributed by atoms with E-state index in [1.807, 2.05) is 14.1 Å². The van der Waals surface area contributed by atoms with E-state index < -0.39 is 0 Å². The van der Waals surface area contributed by atoms with E-state index in [4.69, 9.17) is 28.6 Å². The lowest BCUT2D eigenvalue weighted by molar-refractivity contribution is 0.449. The van der Waals surface area contributed by atoms with Gasteiger partial charge in [-0.15, -0.1) is 0 Å². The van der Waals surface area contributed by atoms with Crippen LogP contribution in [0.15, 0.2) is 24.3 Å². The molecule has 0 heterocycles. The summed E-state index contributed by atoms with van der Waals surface area (Å²) in [4.78, 5) is 1.73. The lowest BCUT2D eigenvalue weighted by atomic mass is 10.3. The van der Waals surface area contributed by atoms with Crippen molar-refractivity contribution in [1.82, 2.24) is 4.90 Å². The minimum absolute atomic E-state index is 0.433. The Labute approximate surface area is 88.1 Å². The number of hydrogen-bond donors (Lipinski definition) is 0. The van der Waals surface area contributed by atoms with Crippen molar-refractivity contribution in [1.29, 1.82) is 0 Å². The first kappa shape index (κ1) is 10.3. The zero-order valence-corrected chi connectivity index (χ0v) is 9.02. The maximum Gasteiger partial charge on any atom is 0.264 e. The van der Waals surface area contributed by atoms with E-state index in [1.165, 1.54) is 0 Å². The third-order valence-electron chi connectivity index (χ3n) is 1.38. The van der Waals surface area contributed by atoms with Crippen molar-refractivity contribution in [2.75, 3.05) is 14.1 Å². The summed E-state index contributed by atoms with van der Waals surface area (Å²) < 4.78 is 5.33. The fourth-order valence-electron chi connectivity index (χ4n) is 0.695. The summed E-state index contributed by atoms with van der Waals surface area (Å²) in [7, 11) is 3.66. The Kier molecular flexibility index (Phi) is 3.51. The zero-order chi connectivity index (χ0) is 9.84. The van der Waals surface area contributed by atoms with Gasteiger partial charge in [-0.25, -0.2) is 0 Å². The molecule has 0 fully saturated rings. The number of ether oxygens (including phenoxy) is 1. The van der Waals surface area contributed by atoms with E-state index >= 15 is 0 Å². The number of nitrogens with zero attached hydrogens (tertiary/aromatic N) is 1. The molecule has 2 nitrogen and oxygen atoms in total. The first-order chi connectivity index (χ1) is 6.09. The molecule has 1 aromatic carbocycles. The molecule has 0 spiro atoms. The number of benzene rings is 1. The van der Waals surface area contributed by atoms with E-state index in [1.54, 1.807) is 29.2 Å². The maximum absolute atomic E-state index is 5.71. The molecule has 4 heteroatoms. The van der Waals surface area contributed by atoms with Crippen molar-refractivity contribution >= 4 is 29.0 Å². The van der Waals surface area contributed by atoms with Crippen molar-refractivity contribution in [3.05, 3.63) is 29.3 Å². The van der Waals surface area contributed by atoms with Crippen LogP contribution in [0.3, 0.4) is 0 Å². The average molecular weight is 216 g/mol. The Balaban J connectivity index is 2.65. The van der Waals surface area contributed by atoms with Crippen molar-refractivity contribution in [3.63, 3.8) is 0 Å². The van der Waals surface area contributed by atoms with E-state index in [-0.39, 0.29) is 0 Å². The molecule has 0 aliphatic heterocycles. The van der Waals surface area contributed by atoms with Crippen LogP contribution in [0.5, 0.6) is 5.75 Å². The number of thiocarbonyl (C=S) groups is 1. The predicted octanol–water partition coefficient (Wildman–Crippen LogP) is 2.57. The fraction of sp³-hybridized carbons (Fsp3) is 0.222. The highest BCUT2D eigenvalue weighted by atomic mass is 35.5. The van der Waals surface area contributed by atoms with Gasteiger partial charge in [0.1, 0.15) is 5.75 Å². The van der Waals surface area contributed by atoms with Gasteiger partial charge in [0.2, 0.25) is 0 Å². The third kappa shape index (κ3) is 3.20. The van der Waals surface area contributed by atoms with Gasteiger partial charge in [0.15, 0.2) is 0 Å². The lowest BCUT2D eigenvalue weighted by Crippen LogP contribution is -2.24. The van der Waals surface area contributed by atoms with Gasteiger partial charge in [0.25, 0.3) is 5.17 Å². The molecule has 0 aromatic heterocycles. The summed E-state index contributed by atoms with van der Waals surface area (Å²) in [6.07, 6.45) is 0.